The van der Waals surface area contributed by atoms with E-state index in [0.29, 0.717) is 0 Å². The van der Waals surface area contributed by atoms with Gasteiger partial charge in [0.2, 0.25) is 0 Å². The number of hydrazine groups is 1. The minimum absolute atomic E-state index is 0.205. The van der Waals surface area contributed by atoms with Crippen molar-refractivity contribution in [2.24, 2.45) is 0 Å². The first-order valence-electron chi connectivity index (χ1n) is 4.99. The zero-order chi connectivity index (χ0) is 12.1. The normalized spacial score (nSPS) is 9.71. The summed E-state index contributed by atoms with van der Waals surface area (Å²) in [6.45, 7) is 0. The van der Waals surface area contributed by atoms with Crippen molar-refractivity contribution < 1.29 is 9.18 Å². The number of aromatic nitrogens is 1. The number of carbonyl (C=O) groups excluding carboxylic acids is 1. The summed E-state index contributed by atoms with van der Waals surface area (Å²) in [5, 5.41) is 0. The van der Waals surface area contributed by atoms with Gasteiger partial charge in [0.05, 0.1) is 5.69 Å². The SMILES string of the molecule is O=C(NNc1ccccc1F)c1ccccn1. The summed E-state index contributed by atoms with van der Waals surface area (Å²) in [4.78, 5) is 15.4. The number of para-hydroxylation sites is 1. The van der Waals surface area contributed by atoms with Crippen molar-refractivity contribution in [1.82, 2.24) is 10.4 Å². The monoisotopic (exact) mass is 231 g/mol. The minimum atomic E-state index is -0.436. The maximum atomic E-state index is 13.2. The molecule has 0 aliphatic carbocycles. The number of amides is 1. The van der Waals surface area contributed by atoms with E-state index < -0.39 is 11.7 Å². The molecule has 2 rings (SSSR count). The molecule has 2 aromatic rings. The Kier molecular flexibility index (Phi) is 3.30. The van der Waals surface area contributed by atoms with Gasteiger partial charge in [-0.3, -0.25) is 20.6 Å². The lowest BCUT2D eigenvalue weighted by Crippen LogP contribution is -2.30. The summed E-state index contributed by atoms with van der Waals surface area (Å²) in [6.07, 6.45) is 1.51. The van der Waals surface area contributed by atoms with Gasteiger partial charge in [0, 0.05) is 6.20 Å². The van der Waals surface area contributed by atoms with Crippen LogP contribution in [0, 0.1) is 5.82 Å². The van der Waals surface area contributed by atoms with Crippen LogP contribution >= 0.6 is 0 Å². The fraction of sp³-hybridized carbons (Fsp3) is 0. The summed E-state index contributed by atoms with van der Waals surface area (Å²) in [6, 6.07) is 11.0. The van der Waals surface area contributed by atoms with Crippen LogP contribution in [-0.4, -0.2) is 10.9 Å². The number of nitrogens with one attached hydrogen (secondary N) is 2. The number of rotatable bonds is 3. The van der Waals surface area contributed by atoms with Gasteiger partial charge < -0.3 is 0 Å². The summed E-state index contributed by atoms with van der Waals surface area (Å²) < 4.78 is 13.2. The molecule has 2 N–H and O–H groups in total. The predicted octanol–water partition coefficient (Wildman–Crippen LogP) is 1.98. The van der Waals surface area contributed by atoms with Crippen molar-refractivity contribution in [1.29, 1.82) is 0 Å². The summed E-state index contributed by atoms with van der Waals surface area (Å²) in [5.74, 6) is -0.859. The summed E-state index contributed by atoms with van der Waals surface area (Å²) >= 11 is 0. The molecule has 0 fully saturated rings. The Balaban J connectivity index is 2.00. The fourth-order valence-electron chi connectivity index (χ4n) is 1.25. The van der Waals surface area contributed by atoms with E-state index >= 15 is 0 Å². The van der Waals surface area contributed by atoms with Gasteiger partial charge >= 0.3 is 0 Å². The molecule has 17 heavy (non-hydrogen) atoms. The first-order chi connectivity index (χ1) is 8.27. The van der Waals surface area contributed by atoms with Gasteiger partial charge in [-0.05, 0) is 24.3 Å². The zero-order valence-electron chi connectivity index (χ0n) is 8.85. The Labute approximate surface area is 97.5 Å². The molecule has 0 radical (unpaired) electrons. The molecule has 86 valence electrons. The van der Waals surface area contributed by atoms with Crippen LogP contribution < -0.4 is 10.9 Å². The van der Waals surface area contributed by atoms with Crippen LogP contribution in [0.25, 0.3) is 0 Å². The maximum absolute atomic E-state index is 13.2. The highest BCUT2D eigenvalue weighted by Crippen LogP contribution is 2.10. The zero-order valence-corrected chi connectivity index (χ0v) is 8.85. The highest BCUT2D eigenvalue weighted by Gasteiger charge is 2.06. The Morgan fingerprint density at radius 3 is 2.59 bits per heavy atom. The van der Waals surface area contributed by atoms with Gasteiger partial charge in [-0.25, -0.2) is 4.39 Å². The van der Waals surface area contributed by atoms with Crippen molar-refractivity contribution in [3.8, 4) is 0 Å². The molecule has 0 spiro atoms. The Hall–Kier alpha value is -2.43. The number of carbonyl (C=O) groups is 1. The topological polar surface area (TPSA) is 54.0 Å². The molecule has 0 aliphatic rings. The van der Waals surface area contributed by atoms with Gasteiger partial charge in [0.25, 0.3) is 5.91 Å². The van der Waals surface area contributed by atoms with Crippen molar-refractivity contribution in [3.05, 3.63) is 60.2 Å². The van der Waals surface area contributed by atoms with E-state index in [4.69, 9.17) is 0 Å². The van der Waals surface area contributed by atoms with Gasteiger partial charge in [0.15, 0.2) is 0 Å². The van der Waals surface area contributed by atoms with Crippen LogP contribution in [0.5, 0.6) is 0 Å². The lowest BCUT2D eigenvalue weighted by atomic mass is 10.3. The second-order valence-corrected chi connectivity index (χ2v) is 3.27. The average Bonchev–Trinajstić information content (AvgIpc) is 2.38. The van der Waals surface area contributed by atoms with Crippen LogP contribution in [0.3, 0.4) is 0 Å². The molecule has 0 saturated carbocycles. The highest BCUT2D eigenvalue weighted by atomic mass is 19.1. The number of nitrogens with zero attached hydrogens (tertiary/aromatic N) is 1. The second-order valence-electron chi connectivity index (χ2n) is 3.27. The van der Waals surface area contributed by atoms with Crippen molar-refractivity contribution in [3.63, 3.8) is 0 Å². The molecule has 0 atom stereocenters. The number of hydrogen-bond acceptors (Lipinski definition) is 3. The average molecular weight is 231 g/mol. The van der Waals surface area contributed by atoms with Crippen molar-refractivity contribution in [2.75, 3.05) is 5.43 Å². The minimum Gasteiger partial charge on any atom is -0.295 e. The van der Waals surface area contributed by atoms with E-state index in [-0.39, 0.29) is 11.4 Å². The molecule has 4 nitrogen and oxygen atoms in total. The van der Waals surface area contributed by atoms with E-state index in [9.17, 15) is 9.18 Å². The molecule has 1 aromatic heterocycles. The summed E-state index contributed by atoms with van der Waals surface area (Å²) in [7, 11) is 0. The lowest BCUT2D eigenvalue weighted by Gasteiger charge is -2.08. The fourth-order valence-corrected chi connectivity index (χ4v) is 1.25. The Morgan fingerprint density at radius 1 is 1.12 bits per heavy atom. The standard InChI is InChI=1S/C12H10FN3O/c13-9-5-1-2-6-10(9)15-16-12(17)11-7-3-4-8-14-11/h1-8,15H,(H,16,17). The van der Waals surface area contributed by atoms with Gasteiger partial charge in [-0.15, -0.1) is 0 Å². The summed E-state index contributed by atoms with van der Waals surface area (Å²) in [5.41, 5.74) is 5.33. The number of halogens is 1. The van der Waals surface area contributed by atoms with Crippen molar-refractivity contribution >= 4 is 11.6 Å². The van der Waals surface area contributed by atoms with Crippen LogP contribution in [0.1, 0.15) is 10.5 Å². The molecular formula is C12H10FN3O. The lowest BCUT2D eigenvalue weighted by molar-refractivity contribution is 0.0957. The highest BCUT2D eigenvalue weighted by molar-refractivity contribution is 5.92. The van der Waals surface area contributed by atoms with Crippen LogP contribution in [0.2, 0.25) is 0 Å². The molecule has 1 heterocycles. The molecule has 1 amide bonds. The van der Waals surface area contributed by atoms with E-state index in [1.165, 1.54) is 18.3 Å². The molecule has 0 unspecified atom stereocenters. The van der Waals surface area contributed by atoms with Crippen LogP contribution in [0.4, 0.5) is 10.1 Å². The van der Waals surface area contributed by atoms with E-state index in [1.54, 1.807) is 30.3 Å². The molecule has 1 aromatic carbocycles. The molecule has 5 heteroatoms. The molecular weight excluding hydrogens is 221 g/mol. The number of benzene rings is 1. The number of hydrogen-bond donors (Lipinski definition) is 2. The number of anilines is 1. The Morgan fingerprint density at radius 2 is 1.88 bits per heavy atom. The first-order valence-corrected chi connectivity index (χ1v) is 4.99. The number of pyridine rings is 1. The molecule has 0 aliphatic heterocycles. The third kappa shape index (κ3) is 2.78. The predicted molar refractivity (Wildman–Crippen MR) is 61.7 cm³/mol. The van der Waals surface area contributed by atoms with E-state index in [2.05, 4.69) is 15.8 Å². The quantitative estimate of drug-likeness (QED) is 0.794. The third-order valence-corrected chi connectivity index (χ3v) is 2.08. The molecule has 0 saturated heterocycles. The first kappa shape index (κ1) is 11.1. The third-order valence-electron chi connectivity index (χ3n) is 2.08. The maximum Gasteiger partial charge on any atom is 0.288 e. The van der Waals surface area contributed by atoms with Crippen LogP contribution in [0.15, 0.2) is 48.7 Å². The van der Waals surface area contributed by atoms with Crippen molar-refractivity contribution in [2.45, 2.75) is 0 Å². The van der Waals surface area contributed by atoms with Gasteiger partial charge in [0.1, 0.15) is 11.5 Å². The van der Waals surface area contributed by atoms with Crippen LogP contribution in [-0.2, 0) is 0 Å². The van der Waals surface area contributed by atoms with E-state index in [0.717, 1.165) is 0 Å². The second kappa shape index (κ2) is 5.07. The smallest absolute Gasteiger partial charge is 0.288 e. The molecule has 0 bridgehead atoms. The van der Waals surface area contributed by atoms with Gasteiger partial charge in [-0.1, -0.05) is 18.2 Å². The Bertz CT molecular complexity index is 516. The van der Waals surface area contributed by atoms with Gasteiger partial charge in [-0.2, -0.15) is 0 Å². The largest absolute Gasteiger partial charge is 0.295 e. The van der Waals surface area contributed by atoms with E-state index in [1.807, 2.05) is 0 Å².